The average molecular weight is 449 g/mol. The zero-order valence-corrected chi connectivity index (χ0v) is 18.6. The number of benzene rings is 3. The Labute approximate surface area is 193 Å². The van der Waals surface area contributed by atoms with Crippen LogP contribution in [0.5, 0.6) is 5.75 Å². The highest BCUT2D eigenvalue weighted by Crippen LogP contribution is 2.35. The molecule has 0 aliphatic carbocycles. The van der Waals surface area contributed by atoms with Crippen molar-refractivity contribution >= 4 is 23.4 Å². The number of methoxy groups -OCH3 is 1. The van der Waals surface area contributed by atoms with Crippen LogP contribution in [-0.4, -0.2) is 36.9 Å². The van der Waals surface area contributed by atoms with E-state index in [1.165, 1.54) is 0 Å². The molecule has 1 aliphatic rings. The quantitative estimate of drug-likeness (QED) is 0.603. The smallest absolute Gasteiger partial charge is 0.253 e. The van der Waals surface area contributed by atoms with E-state index in [1.807, 2.05) is 54.6 Å². The first-order valence-corrected chi connectivity index (χ1v) is 10.9. The Morgan fingerprint density at radius 2 is 1.75 bits per heavy atom. The molecule has 2 atom stereocenters. The zero-order valence-electron chi connectivity index (χ0n) is 17.8. The molecule has 6 heteroatoms. The highest BCUT2D eigenvalue weighted by molar-refractivity contribution is 6.30. The molecule has 1 saturated heterocycles. The van der Waals surface area contributed by atoms with Crippen LogP contribution in [0, 0.1) is 5.92 Å². The van der Waals surface area contributed by atoms with E-state index in [1.54, 1.807) is 36.3 Å². The molecule has 2 amide bonds. The van der Waals surface area contributed by atoms with Gasteiger partial charge in [-0.15, -0.1) is 0 Å². The summed E-state index contributed by atoms with van der Waals surface area (Å²) < 4.78 is 5.38. The lowest BCUT2D eigenvalue weighted by Gasteiger charge is -2.18. The largest absolute Gasteiger partial charge is 0.497 e. The van der Waals surface area contributed by atoms with Crippen molar-refractivity contribution in [2.24, 2.45) is 5.92 Å². The van der Waals surface area contributed by atoms with E-state index in [9.17, 15) is 9.59 Å². The molecule has 3 aromatic carbocycles. The van der Waals surface area contributed by atoms with E-state index >= 15 is 0 Å². The van der Waals surface area contributed by atoms with E-state index in [2.05, 4.69) is 5.32 Å². The van der Waals surface area contributed by atoms with Crippen molar-refractivity contribution in [2.45, 2.75) is 12.5 Å². The third kappa shape index (κ3) is 4.94. The molecule has 1 N–H and O–H groups in total. The van der Waals surface area contributed by atoms with Crippen molar-refractivity contribution in [1.82, 2.24) is 10.2 Å². The van der Waals surface area contributed by atoms with Gasteiger partial charge in [0.05, 0.1) is 13.0 Å². The van der Waals surface area contributed by atoms with Crippen molar-refractivity contribution in [3.05, 3.63) is 101 Å². The maximum atomic E-state index is 13.2. The Balaban J connectivity index is 1.56. The van der Waals surface area contributed by atoms with E-state index in [4.69, 9.17) is 16.3 Å². The fourth-order valence-corrected chi connectivity index (χ4v) is 4.26. The van der Waals surface area contributed by atoms with Crippen molar-refractivity contribution in [3.63, 3.8) is 0 Å². The summed E-state index contributed by atoms with van der Waals surface area (Å²) in [4.78, 5) is 28.1. The minimum atomic E-state index is -0.359. The van der Waals surface area contributed by atoms with E-state index in [0.717, 1.165) is 16.9 Å². The highest BCUT2D eigenvalue weighted by Gasteiger charge is 2.40. The maximum absolute atomic E-state index is 13.2. The SMILES string of the molecule is COc1cccc([C@@H]2CN(C(=O)c3ccc(Cl)cc3)C[C@H]2C(=O)NCc2ccccc2)c1. The molecule has 4 rings (SSSR count). The second kappa shape index (κ2) is 9.88. The van der Waals surface area contributed by atoms with Gasteiger partial charge in [-0.25, -0.2) is 0 Å². The van der Waals surface area contributed by atoms with E-state index in [-0.39, 0.29) is 23.7 Å². The van der Waals surface area contributed by atoms with Crippen molar-refractivity contribution < 1.29 is 14.3 Å². The molecule has 3 aromatic rings. The number of ether oxygens (including phenoxy) is 1. The Bertz CT molecular complexity index is 1090. The number of hydrogen-bond acceptors (Lipinski definition) is 3. The summed E-state index contributed by atoms with van der Waals surface area (Å²) in [5.74, 6) is 0.0774. The molecule has 164 valence electrons. The molecule has 0 bridgehead atoms. The van der Waals surface area contributed by atoms with Gasteiger partial charge in [0.15, 0.2) is 0 Å². The van der Waals surface area contributed by atoms with Gasteiger partial charge in [0.1, 0.15) is 5.75 Å². The zero-order chi connectivity index (χ0) is 22.5. The van der Waals surface area contributed by atoms with Gasteiger partial charge in [-0.1, -0.05) is 54.1 Å². The molecule has 1 fully saturated rings. The normalized spacial score (nSPS) is 17.8. The Morgan fingerprint density at radius 3 is 2.47 bits per heavy atom. The number of likely N-dealkylation sites (tertiary alicyclic amines) is 1. The Morgan fingerprint density at radius 1 is 1.00 bits per heavy atom. The minimum Gasteiger partial charge on any atom is -0.497 e. The number of nitrogens with one attached hydrogen (secondary N) is 1. The number of rotatable bonds is 6. The summed E-state index contributed by atoms with van der Waals surface area (Å²) in [5, 5.41) is 3.63. The summed E-state index contributed by atoms with van der Waals surface area (Å²) >= 11 is 5.97. The van der Waals surface area contributed by atoms with Crippen LogP contribution in [0.2, 0.25) is 5.02 Å². The van der Waals surface area contributed by atoms with Gasteiger partial charge in [-0.3, -0.25) is 9.59 Å². The molecule has 0 aromatic heterocycles. The molecular weight excluding hydrogens is 424 g/mol. The van der Waals surface area contributed by atoms with E-state index < -0.39 is 0 Å². The molecule has 32 heavy (non-hydrogen) atoms. The van der Waals surface area contributed by atoms with Crippen LogP contribution in [0.25, 0.3) is 0 Å². The molecule has 0 saturated carbocycles. The molecule has 5 nitrogen and oxygen atoms in total. The van der Waals surface area contributed by atoms with Gasteiger partial charge in [0.25, 0.3) is 5.91 Å². The molecule has 0 spiro atoms. The van der Waals surface area contributed by atoms with Gasteiger partial charge >= 0.3 is 0 Å². The Kier molecular flexibility index (Phi) is 6.76. The maximum Gasteiger partial charge on any atom is 0.253 e. The van der Waals surface area contributed by atoms with Gasteiger partial charge in [-0.2, -0.15) is 0 Å². The summed E-state index contributed by atoms with van der Waals surface area (Å²) in [6, 6.07) is 24.4. The number of carbonyl (C=O) groups is 2. The predicted octanol–water partition coefficient (Wildman–Crippen LogP) is 4.52. The van der Waals surface area contributed by atoms with Gasteiger partial charge in [-0.05, 0) is 47.5 Å². The number of halogens is 1. The van der Waals surface area contributed by atoms with Crippen LogP contribution in [0.1, 0.15) is 27.4 Å². The van der Waals surface area contributed by atoms with Crippen LogP contribution in [0.15, 0.2) is 78.9 Å². The number of nitrogens with zero attached hydrogens (tertiary/aromatic N) is 1. The summed E-state index contributed by atoms with van der Waals surface area (Å²) in [5.41, 5.74) is 2.57. The van der Waals surface area contributed by atoms with Crippen LogP contribution in [0.4, 0.5) is 0 Å². The molecular formula is C26H25ClN2O3. The van der Waals surface area contributed by atoms with Gasteiger partial charge in [0.2, 0.25) is 5.91 Å². The molecule has 1 aliphatic heterocycles. The molecule has 0 radical (unpaired) electrons. The third-order valence-electron chi connectivity index (χ3n) is 5.87. The minimum absolute atomic E-state index is 0.0620. The number of amides is 2. The van der Waals surface area contributed by atoms with Gasteiger partial charge in [0, 0.05) is 36.1 Å². The van der Waals surface area contributed by atoms with Crippen LogP contribution in [0.3, 0.4) is 0 Å². The second-order valence-electron chi connectivity index (χ2n) is 7.91. The summed E-state index contributed by atoms with van der Waals surface area (Å²) in [6.45, 7) is 1.26. The fraction of sp³-hybridized carbons (Fsp3) is 0.231. The lowest BCUT2D eigenvalue weighted by Crippen LogP contribution is -2.35. The second-order valence-corrected chi connectivity index (χ2v) is 8.35. The molecule has 0 unspecified atom stereocenters. The average Bonchev–Trinajstić information content (AvgIpc) is 3.29. The van der Waals surface area contributed by atoms with Crippen LogP contribution >= 0.6 is 11.6 Å². The fourth-order valence-electron chi connectivity index (χ4n) is 4.14. The number of hydrogen-bond donors (Lipinski definition) is 1. The van der Waals surface area contributed by atoms with Crippen molar-refractivity contribution in [2.75, 3.05) is 20.2 Å². The number of carbonyl (C=O) groups excluding carboxylic acids is 2. The van der Waals surface area contributed by atoms with Crippen molar-refractivity contribution in [3.8, 4) is 5.75 Å². The lowest BCUT2D eigenvalue weighted by molar-refractivity contribution is -0.125. The Hall–Kier alpha value is -3.31. The first-order chi connectivity index (χ1) is 15.5. The van der Waals surface area contributed by atoms with Crippen LogP contribution in [-0.2, 0) is 11.3 Å². The first-order valence-electron chi connectivity index (χ1n) is 10.6. The van der Waals surface area contributed by atoms with E-state index in [0.29, 0.717) is 30.2 Å². The third-order valence-corrected chi connectivity index (χ3v) is 6.12. The molecule has 1 heterocycles. The highest BCUT2D eigenvalue weighted by atomic mass is 35.5. The lowest BCUT2D eigenvalue weighted by atomic mass is 9.88. The summed E-state index contributed by atoms with van der Waals surface area (Å²) in [7, 11) is 1.62. The van der Waals surface area contributed by atoms with Crippen LogP contribution < -0.4 is 10.1 Å². The topological polar surface area (TPSA) is 58.6 Å². The first kappa shape index (κ1) is 21.9. The predicted molar refractivity (Wildman–Crippen MR) is 125 cm³/mol. The monoisotopic (exact) mass is 448 g/mol. The van der Waals surface area contributed by atoms with Crippen molar-refractivity contribution in [1.29, 1.82) is 0 Å². The van der Waals surface area contributed by atoms with Gasteiger partial charge < -0.3 is 15.0 Å². The standard InChI is InChI=1S/C26H25ClN2O3/c1-32-22-9-5-8-20(14-22)23-16-29(26(31)19-10-12-21(27)13-11-19)17-24(23)25(30)28-15-18-6-3-2-4-7-18/h2-14,23-24H,15-17H2,1H3,(H,28,30)/t23-,24+/m0/s1. The summed E-state index contributed by atoms with van der Waals surface area (Å²) in [6.07, 6.45) is 0.